The zero-order valence-electron chi connectivity index (χ0n) is 16.4. The molecular weight excluding hydrogens is 312 g/mol. The minimum absolute atomic E-state index is 0.372. The number of nitrogens with zero attached hydrogens (tertiary/aromatic N) is 4. The molecule has 0 bridgehead atoms. The summed E-state index contributed by atoms with van der Waals surface area (Å²) < 4.78 is 5.46. The van der Waals surface area contributed by atoms with Gasteiger partial charge >= 0.3 is 0 Å². The van der Waals surface area contributed by atoms with Gasteiger partial charge in [0.05, 0.1) is 13.2 Å². The molecule has 0 atom stereocenters. The topological polar surface area (TPSA) is 41.5 Å². The second-order valence-corrected chi connectivity index (χ2v) is 8.16. The van der Waals surface area contributed by atoms with Crippen LogP contribution in [0.3, 0.4) is 0 Å². The van der Waals surface area contributed by atoms with Crippen LogP contribution in [0.2, 0.25) is 0 Å². The van der Waals surface area contributed by atoms with Crippen LogP contribution in [-0.4, -0.2) is 60.8 Å². The van der Waals surface area contributed by atoms with Gasteiger partial charge in [-0.3, -0.25) is 4.90 Å². The average molecular weight is 347 g/mol. The van der Waals surface area contributed by atoms with E-state index >= 15 is 0 Å². The second-order valence-electron chi connectivity index (χ2n) is 8.16. The minimum Gasteiger partial charge on any atom is -0.379 e. The van der Waals surface area contributed by atoms with Gasteiger partial charge in [-0.25, -0.2) is 9.97 Å². The lowest BCUT2D eigenvalue weighted by Gasteiger charge is -2.36. The summed E-state index contributed by atoms with van der Waals surface area (Å²) >= 11 is 0. The second kappa shape index (κ2) is 8.45. The summed E-state index contributed by atoms with van der Waals surface area (Å²) in [4.78, 5) is 14.7. The fraction of sp³-hybridized carbons (Fsp3) is 0.800. The molecule has 3 rings (SSSR count). The SMILES string of the molecule is CC(C)c1cc(N2CCC(CN3CCOCC3)CC2)nc(C(C)C)n1. The molecule has 5 nitrogen and oxygen atoms in total. The lowest BCUT2D eigenvalue weighted by atomic mass is 9.96. The van der Waals surface area contributed by atoms with E-state index < -0.39 is 0 Å². The Kier molecular flexibility index (Phi) is 6.29. The minimum atomic E-state index is 0.372. The maximum Gasteiger partial charge on any atom is 0.133 e. The molecule has 1 aromatic rings. The van der Waals surface area contributed by atoms with Crippen molar-refractivity contribution in [2.45, 2.75) is 52.4 Å². The molecule has 25 heavy (non-hydrogen) atoms. The largest absolute Gasteiger partial charge is 0.379 e. The Morgan fingerprint density at radius 3 is 2.28 bits per heavy atom. The van der Waals surface area contributed by atoms with E-state index in [0.29, 0.717) is 11.8 Å². The number of hydrogen-bond donors (Lipinski definition) is 0. The van der Waals surface area contributed by atoms with Crippen molar-refractivity contribution in [2.24, 2.45) is 5.92 Å². The summed E-state index contributed by atoms with van der Waals surface area (Å²) in [6.45, 7) is 16.2. The molecule has 0 saturated carbocycles. The Bertz CT molecular complexity index is 520. The van der Waals surface area contributed by atoms with Crippen molar-refractivity contribution >= 4 is 5.82 Å². The highest BCUT2D eigenvalue weighted by molar-refractivity contribution is 5.41. The van der Waals surface area contributed by atoms with E-state index in [4.69, 9.17) is 14.7 Å². The van der Waals surface area contributed by atoms with Crippen LogP contribution in [0.5, 0.6) is 0 Å². The van der Waals surface area contributed by atoms with Crippen LogP contribution in [0.1, 0.15) is 63.9 Å². The quantitative estimate of drug-likeness (QED) is 0.818. The first kappa shape index (κ1) is 18.6. The average Bonchev–Trinajstić information content (AvgIpc) is 2.62. The van der Waals surface area contributed by atoms with Crippen LogP contribution < -0.4 is 4.90 Å². The number of anilines is 1. The monoisotopic (exact) mass is 346 g/mol. The molecule has 0 unspecified atom stereocenters. The fourth-order valence-electron chi connectivity index (χ4n) is 3.68. The summed E-state index contributed by atoms with van der Waals surface area (Å²) in [5.74, 6) is 3.74. The highest BCUT2D eigenvalue weighted by atomic mass is 16.5. The van der Waals surface area contributed by atoms with Gasteiger partial charge in [0.25, 0.3) is 0 Å². The number of rotatable bonds is 5. The van der Waals surface area contributed by atoms with E-state index in [1.54, 1.807) is 0 Å². The molecule has 0 aliphatic carbocycles. The molecule has 0 N–H and O–H groups in total. The zero-order chi connectivity index (χ0) is 17.8. The predicted octanol–water partition coefficient (Wildman–Crippen LogP) is 3.27. The molecule has 0 aromatic carbocycles. The molecular formula is C20H34N4O. The summed E-state index contributed by atoms with van der Waals surface area (Å²) in [5, 5.41) is 0. The van der Waals surface area contributed by atoms with Gasteiger partial charge in [-0.2, -0.15) is 0 Å². The van der Waals surface area contributed by atoms with Gasteiger partial charge in [-0.1, -0.05) is 27.7 Å². The summed E-state index contributed by atoms with van der Waals surface area (Å²) in [6.07, 6.45) is 2.52. The number of piperidine rings is 1. The highest BCUT2D eigenvalue weighted by Crippen LogP contribution is 2.26. The van der Waals surface area contributed by atoms with Gasteiger partial charge in [0.1, 0.15) is 11.6 Å². The maximum atomic E-state index is 5.46. The molecule has 2 saturated heterocycles. The predicted molar refractivity (Wildman–Crippen MR) is 102 cm³/mol. The van der Waals surface area contributed by atoms with Crippen LogP contribution in [0, 0.1) is 5.92 Å². The zero-order valence-corrected chi connectivity index (χ0v) is 16.4. The summed E-state index contributed by atoms with van der Waals surface area (Å²) in [6, 6.07) is 2.21. The van der Waals surface area contributed by atoms with Crippen LogP contribution >= 0.6 is 0 Å². The van der Waals surface area contributed by atoms with Crippen LogP contribution in [0.15, 0.2) is 6.07 Å². The number of morpholine rings is 1. The van der Waals surface area contributed by atoms with Gasteiger partial charge < -0.3 is 9.64 Å². The van der Waals surface area contributed by atoms with Crippen molar-refractivity contribution < 1.29 is 4.74 Å². The number of ether oxygens (including phenoxy) is 1. The van der Waals surface area contributed by atoms with E-state index in [1.165, 1.54) is 25.1 Å². The van der Waals surface area contributed by atoms with E-state index in [1.807, 2.05) is 0 Å². The Balaban J connectivity index is 1.61. The van der Waals surface area contributed by atoms with Crippen LogP contribution in [-0.2, 0) is 4.74 Å². The molecule has 0 radical (unpaired) electrons. The van der Waals surface area contributed by atoms with Gasteiger partial charge in [-0.05, 0) is 24.7 Å². The first-order valence-corrected chi connectivity index (χ1v) is 9.97. The van der Waals surface area contributed by atoms with Crippen LogP contribution in [0.25, 0.3) is 0 Å². The molecule has 1 aromatic heterocycles. The molecule has 5 heteroatoms. The molecule has 2 aliphatic rings. The first-order valence-electron chi connectivity index (χ1n) is 9.97. The molecule has 2 aliphatic heterocycles. The van der Waals surface area contributed by atoms with Gasteiger partial charge in [0.2, 0.25) is 0 Å². The Morgan fingerprint density at radius 2 is 1.68 bits per heavy atom. The van der Waals surface area contributed by atoms with E-state index in [0.717, 1.165) is 57.0 Å². The molecule has 140 valence electrons. The number of aromatic nitrogens is 2. The summed E-state index contributed by atoms with van der Waals surface area (Å²) in [7, 11) is 0. The van der Waals surface area contributed by atoms with E-state index in [9.17, 15) is 0 Å². The third-order valence-electron chi connectivity index (χ3n) is 5.42. The molecule has 0 spiro atoms. The van der Waals surface area contributed by atoms with E-state index in [-0.39, 0.29) is 0 Å². The van der Waals surface area contributed by atoms with Crippen molar-refractivity contribution in [1.29, 1.82) is 0 Å². The highest BCUT2D eigenvalue weighted by Gasteiger charge is 2.24. The fourth-order valence-corrected chi connectivity index (χ4v) is 3.68. The van der Waals surface area contributed by atoms with Crippen molar-refractivity contribution in [3.63, 3.8) is 0 Å². The lowest BCUT2D eigenvalue weighted by Crippen LogP contribution is -2.43. The first-order chi connectivity index (χ1) is 12.0. The van der Waals surface area contributed by atoms with E-state index in [2.05, 4.69) is 43.6 Å². The van der Waals surface area contributed by atoms with Crippen molar-refractivity contribution in [3.8, 4) is 0 Å². The van der Waals surface area contributed by atoms with Gasteiger partial charge in [0, 0.05) is 50.4 Å². The lowest BCUT2D eigenvalue weighted by molar-refractivity contribution is 0.0289. The van der Waals surface area contributed by atoms with Gasteiger partial charge in [0.15, 0.2) is 0 Å². The maximum absolute atomic E-state index is 5.46. The van der Waals surface area contributed by atoms with Crippen molar-refractivity contribution in [2.75, 3.05) is 50.8 Å². The Hall–Kier alpha value is -1.20. The molecule has 3 heterocycles. The number of hydrogen-bond acceptors (Lipinski definition) is 5. The normalized spacial score (nSPS) is 20.6. The van der Waals surface area contributed by atoms with Gasteiger partial charge in [-0.15, -0.1) is 0 Å². The third kappa shape index (κ3) is 4.91. The third-order valence-corrected chi connectivity index (χ3v) is 5.42. The van der Waals surface area contributed by atoms with Crippen molar-refractivity contribution in [1.82, 2.24) is 14.9 Å². The van der Waals surface area contributed by atoms with Crippen molar-refractivity contribution in [3.05, 3.63) is 17.6 Å². The Labute approximate surface area is 152 Å². The molecule has 0 amide bonds. The van der Waals surface area contributed by atoms with Crippen LogP contribution in [0.4, 0.5) is 5.82 Å². The molecule has 2 fully saturated rings. The summed E-state index contributed by atoms with van der Waals surface area (Å²) in [5.41, 5.74) is 1.17. The standard InChI is InChI=1S/C20H34N4O/c1-15(2)18-13-19(22-20(21-18)16(3)4)24-7-5-17(6-8-24)14-23-9-11-25-12-10-23/h13,15-17H,5-12,14H2,1-4H3. The Morgan fingerprint density at radius 1 is 1.00 bits per heavy atom. The smallest absolute Gasteiger partial charge is 0.133 e.